The Hall–Kier alpha value is -5.08. The van der Waals surface area contributed by atoms with Gasteiger partial charge < -0.3 is 25.6 Å². The lowest BCUT2D eigenvalue weighted by atomic mass is 9.95. The van der Waals surface area contributed by atoms with Crippen molar-refractivity contribution in [3.63, 3.8) is 0 Å². The molecule has 4 aromatic rings. The first kappa shape index (κ1) is 41.1. The van der Waals surface area contributed by atoms with Crippen LogP contribution in [0.25, 0.3) is 0 Å². The highest BCUT2D eigenvalue weighted by Gasteiger charge is 2.32. The Morgan fingerprint density at radius 2 is 1.45 bits per heavy atom. The number of ether oxygens (including phenoxy) is 1. The third-order valence-electron chi connectivity index (χ3n) is 9.43. The molecule has 2 aromatic heterocycles. The Morgan fingerprint density at radius 1 is 0.836 bits per heavy atom. The van der Waals surface area contributed by atoms with Crippen LogP contribution in [0.2, 0.25) is 0 Å². The maximum Gasteiger partial charge on any atom is 0.407 e. The topological polar surface area (TPSA) is 150 Å². The summed E-state index contributed by atoms with van der Waals surface area (Å²) in [6, 6.07) is 19.6. The minimum absolute atomic E-state index is 0.0120. The fourth-order valence-corrected chi connectivity index (χ4v) is 7.82. The number of carbonyl (C=O) groups excluding carboxylic acids is 5. The number of benzene rings is 2. The van der Waals surface area contributed by atoms with Crippen LogP contribution in [0.15, 0.2) is 83.8 Å². The van der Waals surface area contributed by atoms with Crippen molar-refractivity contribution in [3.8, 4) is 0 Å². The number of hydrogen-bond donors (Lipinski definition) is 3. The van der Waals surface area contributed by atoms with E-state index in [4.69, 9.17) is 4.74 Å². The lowest BCUT2D eigenvalue weighted by Gasteiger charge is -2.28. The van der Waals surface area contributed by atoms with Crippen LogP contribution in [0.1, 0.15) is 78.3 Å². The van der Waals surface area contributed by atoms with Gasteiger partial charge in [-0.3, -0.25) is 24.3 Å². The number of thiophene rings is 1. The number of nitrogens with one attached hydrogen (secondary N) is 3. The normalized spacial score (nSPS) is 14.4. The molecule has 14 heteroatoms. The third-order valence-corrected chi connectivity index (χ3v) is 11.5. The van der Waals surface area contributed by atoms with Gasteiger partial charge in [0, 0.05) is 56.1 Å². The SMILES string of the molecule is CC(C)c1cc(CN(C)C(=O)N[C@@H](CCN2C(=O)CCC2=O)C(=O)N[C@H](CC[C@H](Cc2ccccc2)NC(=O)OCc2cncs2)Cc2ccccc2)cs1. The molecular formula is C41H50N6O6S2. The first-order chi connectivity index (χ1) is 26.5. The van der Waals surface area contributed by atoms with Crippen molar-refractivity contribution >= 4 is 52.5 Å². The van der Waals surface area contributed by atoms with Crippen LogP contribution < -0.4 is 16.0 Å². The molecule has 292 valence electrons. The summed E-state index contributed by atoms with van der Waals surface area (Å²) in [5.74, 6) is -0.611. The van der Waals surface area contributed by atoms with Gasteiger partial charge >= 0.3 is 12.1 Å². The van der Waals surface area contributed by atoms with E-state index in [0.29, 0.717) is 38.1 Å². The lowest BCUT2D eigenvalue weighted by molar-refractivity contribution is -0.139. The average Bonchev–Trinajstić information content (AvgIpc) is 3.94. The molecule has 0 spiro atoms. The monoisotopic (exact) mass is 786 g/mol. The molecular weight excluding hydrogens is 737 g/mol. The van der Waals surface area contributed by atoms with E-state index in [1.807, 2.05) is 66.0 Å². The maximum atomic E-state index is 14.2. The predicted octanol–water partition coefficient (Wildman–Crippen LogP) is 6.42. The van der Waals surface area contributed by atoms with Gasteiger partial charge in [-0.15, -0.1) is 22.7 Å². The molecule has 0 bridgehead atoms. The zero-order valence-corrected chi connectivity index (χ0v) is 33.2. The van der Waals surface area contributed by atoms with E-state index in [1.54, 1.807) is 30.1 Å². The highest BCUT2D eigenvalue weighted by Crippen LogP contribution is 2.24. The van der Waals surface area contributed by atoms with Crippen LogP contribution >= 0.6 is 22.7 Å². The minimum Gasteiger partial charge on any atom is -0.444 e. The number of carbonyl (C=O) groups is 5. The zero-order valence-electron chi connectivity index (χ0n) is 31.6. The van der Waals surface area contributed by atoms with Gasteiger partial charge in [0.1, 0.15) is 12.6 Å². The number of amides is 6. The molecule has 3 heterocycles. The number of hydrogen-bond acceptors (Lipinski definition) is 9. The van der Waals surface area contributed by atoms with Crippen molar-refractivity contribution in [3.05, 3.63) is 110 Å². The number of nitrogens with zero attached hydrogens (tertiary/aromatic N) is 3. The molecule has 5 rings (SSSR count). The largest absolute Gasteiger partial charge is 0.444 e. The summed E-state index contributed by atoms with van der Waals surface area (Å²) in [6.45, 7) is 4.72. The van der Waals surface area contributed by atoms with Crippen molar-refractivity contribution < 1.29 is 28.7 Å². The van der Waals surface area contributed by atoms with Crippen molar-refractivity contribution in [1.29, 1.82) is 0 Å². The Morgan fingerprint density at radius 3 is 2.02 bits per heavy atom. The molecule has 1 aliphatic rings. The molecule has 1 aliphatic heterocycles. The predicted molar refractivity (Wildman–Crippen MR) is 213 cm³/mol. The van der Waals surface area contributed by atoms with Crippen molar-refractivity contribution in [1.82, 2.24) is 30.7 Å². The van der Waals surface area contributed by atoms with Crippen molar-refractivity contribution in [2.24, 2.45) is 0 Å². The first-order valence-corrected chi connectivity index (χ1v) is 20.4. The summed E-state index contributed by atoms with van der Waals surface area (Å²) in [6.07, 6.45) is 3.51. The zero-order chi connectivity index (χ0) is 39.2. The van der Waals surface area contributed by atoms with Gasteiger partial charge in [0.05, 0.1) is 10.4 Å². The lowest BCUT2D eigenvalue weighted by Crippen LogP contribution is -2.53. The molecule has 3 atom stereocenters. The van der Waals surface area contributed by atoms with E-state index in [9.17, 15) is 24.0 Å². The average molecular weight is 787 g/mol. The molecule has 3 N–H and O–H groups in total. The number of imide groups is 1. The Balaban J connectivity index is 1.30. The molecule has 2 aromatic carbocycles. The summed E-state index contributed by atoms with van der Waals surface area (Å²) in [5.41, 5.74) is 4.73. The van der Waals surface area contributed by atoms with Gasteiger partial charge in [0.15, 0.2) is 0 Å². The molecule has 0 radical (unpaired) electrons. The van der Waals surface area contributed by atoms with Crippen LogP contribution in [0.5, 0.6) is 0 Å². The van der Waals surface area contributed by atoms with E-state index in [0.717, 1.165) is 21.6 Å². The molecule has 55 heavy (non-hydrogen) atoms. The highest BCUT2D eigenvalue weighted by molar-refractivity contribution is 7.10. The van der Waals surface area contributed by atoms with E-state index in [1.165, 1.54) is 26.0 Å². The molecule has 0 saturated carbocycles. The summed E-state index contributed by atoms with van der Waals surface area (Å²) in [4.78, 5) is 74.4. The molecule has 1 fully saturated rings. The molecule has 0 aliphatic carbocycles. The maximum absolute atomic E-state index is 14.2. The van der Waals surface area contributed by atoms with Gasteiger partial charge in [-0.05, 0) is 66.2 Å². The molecule has 12 nitrogen and oxygen atoms in total. The summed E-state index contributed by atoms with van der Waals surface area (Å²) < 4.78 is 5.50. The van der Waals surface area contributed by atoms with Crippen LogP contribution in [0.3, 0.4) is 0 Å². The quantitative estimate of drug-likeness (QED) is 0.0929. The van der Waals surface area contributed by atoms with Gasteiger partial charge in [-0.25, -0.2) is 9.59 Å². The minimum atomic E-state index is -1.02. The number of alkyl carbamates (subject to hydrolysis) is 1. The van der Waals surface area contributed by atoms with E-state index in [-0.39, 0.29) is 56.3 Å². The number of urea groups is 1. The number of likely N-dealkylation sites (tertiary alicyclic amines) is 1. The van der Waals surface area contributed by atoms with E-state index < -0.39 is 24.1 Å². The molecule has 0 unspecified atom stereocenters. The van der Waals surface area contributed by atoms with Crippen LogP contribution in [-0.4, -0.2) is 76.3 Å². The summed E-state index contributed by atoms with van der Waals surface area (Å²) in [7, 11) is 1.67. The Labute approximate surface area is 330 Å². The van der Waals surface area contributed by atoms with Crippen LogP contribution in [0, 0.1) is 0 Å². The van der Waals surface area contributed by atoms with E-state index in [2.05, 4.69) is 40.8 Å². The number of aromatic nitrogens is 1. The second kappa shape index (κ2) is 20.6. The van der Waals surface area contributed by atoms with Gasteiger partial charge in [-0.2, -0.15) is 0 Å². The summed E-state index contributed by atoms with van der Waals surface area (Å²) >= 11 is 3.05. The second-order valence-corrected chi connectivity index (χ2v) is 16.1. The Kier molecular flexibility index (Phi) is 15.4. The number of rotatable bonds is 19. The molecule has 1 saturated heterocycles. The van der Waals surface area contributed by atoms with Gasteiger partial charge in [0.25, 0.3) is 0 Å². The summed E-state index contributed by atoms with van der Waals surface area (Å²) in [5, 5.41) is 11.1. The number of thiazole rings is 1. The van der Waals surface area contributed by atoms with Gasteiger partial charge in [0.2, 0.25) is 17.7 Å². The van der Waals surface area contributed by atoms with Crippen molar-refractivity contribution in [2.45, 2.75) is 96.0 Å². The van der Waals surface area contributed by atoms with Crippen LogP contribution in [0.4, 0.5) is 9.59 Å². The first-order valence-electron chi connectivity index (χ1n) is 18.6. The standard InChI is InChI=1S/C41H50N6O6S2/c1-28(2)36-22-31(26-54-36)24-46(3)40(51)45-35(18-19-47-37(48)16-17-38(47)49)39(50)43-32(20-29-10-6-4-7-11-29)14-15-33(21-30-12-8-5-9-13-30)44-41(52)53-25-34-23-42-27-55-34/h4-13,22-23,26-28,32-33,35H,14-21,24-25H2,1-3H3,(H,43,50)(H,44,52)(H,45,51)/t32-,33-,35+/m1/s1. The Bertz CT molecular complexity index is 1840. The fraction of sp³-hybridized carbons (Fsp3) is 0.415. The third kappa shape index (κ3) is 13.0. The second-order valence-electron chi connectivity index (χ2n) is 14.1. The molecule has 6 amide bonds. The van der Waals surface area contributed by atoms with Crippen molar-refractivity contribution in [2.75, 3.05) is 13.6 Å². The highest BCUT2D eigenvalue weighted by atomic mass is 32.1. The van der Waals surface area contributed by atoms with Gasteiger partial charge in [-0.1, -0.05) is 74.5 Å². The van der Waals surface area contributed by atoms with Crippen LogP contribution in [-0.2, 0) is 45.1 Å². The fourth-order valence-electron chi connectivity index (χ4n) is 6.39. The van der Waals surface area contributed by atoms with E-state index >= 15 is 0 Å². The smallest absolute Gasteiger partial charge is 0.407 e.